The Labute approximate surface area is 76.3 Å². The summed E-state index contributed by atoms with van der Waals surface area (Å²) in [6, 6.07) is 8.42. The highest BCUT2D eigenvalue weighted by molar-refractivity contribution is 7.52. The summed E-state index contributed by atoms with van der Waals surface area (Å²) in [6.45, 7) is 0. The van der Waals surface area contributed by atoms with Gasteiger partial charge in [-0.05, 0) is 5.56 Å². The average molecular weight is 202 g/mol. The van der Waals surface area contributed by atoms with Gasteiger partial charge in [-0.1, -0.05) is 30.3 Å². The van der Waals surface area contributed by atoms with Crippen LogP contribution in [0.1, 0.15) is 11.4 Å². The van der Waals surface area contributed by atoms with Gasteiger partial charge in [0, 0.05) is 7.11 Å². The topological polar surface area (TPSA) is 66.8 Å². The number of methoxy groups -OCH3 is 1. The third kappa shape index (κ3) is 2.64. The van der Waals surface area contributed by atoms with Crippen molar-refractivity contribution in [2.75, 3.05) is 7.11 Å². The molecule has 0 saturated heterocycles. The Kier molecular flexibility index (Phi) is 3.22. The molecule has 0 aromatic heterocycles. The summed E-state index contributed by atoms with van der Waals surface area (Å²) in [5.41, 5.74) is 0.485. The molecule has 5 heteroatoms. The van der Waals surface area contributed by atoms with Crippen LogP contribution in [0.4, 0.5) is 0 Å². The molecule has 0 aliphatic heterocycles. The summed E-state index contributed by atoms with van der Waals surface area (Å²) in [5.74, 6) is -1.16. The molecule has 0 fully saturated rings. The minimum absolute atomic E-state index is 0.485. The molecule has 1 aromatic rings. The molecule has 0 bridgehead atoms. The molecular weight excluding hydrogens is 191 g/mol. The molecule has 1 aromatic carbocycles. The van der Waals surface area contributed by atoms with Crippen LogP contribution in [0.2, 0.25) is 0 Å². The Morgan fingerprint density at radius 2 is 1.85 bits per heavy atom. The maximum Gasteiger partial charge on any atom is 0.358 e. The van der Waals surface area contributed by atoms with Gasteiger partial charge in [-0.3, -0.25) is 4.57 Å². The van der Waals surface area contributed by atoms with Gasteiger partial charge >= 0.3 is 7.60 Å². The van der Waals surface area contributed by atoms with E-state index in [4.69, 9.17) is 14.5 Å². The lowest BCUT2D eigenvalue weighted by Crippen LogP contribution is -2.01. The second kappa shape index (κ2) is 4.03. The molecule has 1 atom stereocenters. The monoisotopic (exact) mass is 202 g/mol. The maximum absolute atomic E-state index is 10.9. The van der Waals surface area contributed by atoms with Crippen LogP contribution >= 0.6 is 7.60 Å². The van der Waals surface area contributed by atoms with E-state index < -0.39 is 13.4 Å². The van der Waals surface area contributed by atoms with Gasteiger partial charge < -0.3 is 14.5 Å². The fourth-order valence-electron chi connectivity index (χ4n) is 1.09. The second-order valence-electron chi connectivity index (χ2n) is 2.59. The predicted octanol–water partition coefficient (Wildman–Crippen LogP) is 1.51. The minimum Gasteiger partial charge on any atom is -0.364 e. The van der Waals surface area contributed by atoms with Crippen molar-refractivity contribution in [2.24, 2.45) is 0 Å². The van der Waals surface area contributed by atoms with Crippen molar-refractivity contribution < 1.29 is 19.1 Å². The Bertz CT molecular complexity index is 305. The zero-order valence-electron chi connectivity index (χ0n) is 7.12. The predicted molar refractivity (Wildman–Crippen MR) is 48.2 cm³/mol. The van der Waals surface area contributed by atoms with Crippen molar-refractivity contribution >= 4 is 7.60 Å². The number of hydrogen-bond donors (Lipinski definition) is 2. The number of benzene rings is 1. The van der Waals surface area contributed by atoms with Crippen molar-refractivity contribution in [3.05, 3.63) is 35.9 Å². The first kappa shape index (κ1) is 10.4. The Balaban J connectivity index is 2.99. The molecule has 0 spiro atoms. The zero-order valence-corrected chi connectivity index (χ0v) is 8.02. The normalized spacial score (nSPS) is 14.1. The van der Waals surface area contributed by atoms with Crippen LogP contribution in [0.5, 0.6) is 0 Å². The van der Waals surface area contributed by atoms with Crippen molar-refractivity contribution in [3.8, 4) is 0 Å². The van der Waals surface area contributed by atoms with Crippen LogP contribution in [0, 0.1) is 0 Å². The fourth-order valence-corrected chi connectivity index (χ4v) is 1.92. The SMILES string of the molecule is COC(c1ccccc1)P(=O)(O)O. The van der Waals surface area contributed by atoms with Gasteiger partial charge in [0.1, 0.15) is 0 Å². The van der Waals surface area contributed by atoms with E-state index in [1.165, 1.54) is 7.11 Å². The Morgan fingerprint density at radius 1 is 1.31 bits per heavy atom. The van der Waals surface area contributed by atoms with E-state index in [2.05, 4.69) is 0 Å². The van der Waals surface area contributed by atoms with Gasteiger partial charge in [0.2, 0.25) is 0 Å². The summed E-state index contributed by atoms with van der Waals surface area (Å²) in [7, 11) is -2.95. The van der Waals surface area contributed by atoms with E-state index in [9.17, 15) is 4.57 Å². The molecule has 0 heterocycles. The lowest BCUT2D eigenvalue weighted by atomic mass is 10.2. The van der Waals surface area contributed by atoms with E-state index in [1.54, 1.807) is 30.3 Å². The highest BCUT2D eigenvalue weighted by Gasteiger charge is 2.29. The Hall–Kier alpha value is -0.670. The first-order chi connectivity index (χ1) is 6.05. The number of hydrogen-bond acceptors (Lipinski definition) is 2. The molecule has 0 aliphatic rings. The Morgan fingerprint density at radius 3 is 2.23 bits per heavy atom. The van der Waals surface area contributed by atoms with E-state index in [-0.39, 0.29) is 0 Å². The van der Waals surface area contributed by atoms with Gasteiger partial charge in [-0.15, -0.1) is 0 Å². The highest BCUT2D eigenvalue weighted by Crippen LogP contribution is 2.51. The van der Waals surface area contributed by atoms with Gasteiger partial charge in [-0.25, -0.2) is 0 Å². The molecule has 0 radical (unpaired) electrons. The van der Waals surface area contributed by atoms with Crippen LogP contribution in [0.15, 0.2) is 30.3 Å². The summed E-state index contributed by atoms with van der Waals surface area (Å²) in [4.78, 5) is 17.8. The van der Waals surface area contributed by atoms with Crippen LogP contribution in [-0.2, 0) is 9.30 Å². The second-order valence-corrected chi connectivity index (χ2v) is 4.24. The molecule has 13 heavy (non-hydrogen) atoms. The first-order valence-electron chi connectivity index (χ1n) is 3.68. The van der Waals surface area contributed by atoms with Crippen molar-refractivity contribution in [1.29, 1.82) is 0 Å². The van der Waals surface area contributed by atoms with Crippen LogP contribution in [-0.4, -0.2) is 16.9 Å². The number of rotatable bonds is 3. The third-order valence-electron chi connectivity index (χ3n) is 1.61. The van der Waals surface area contributed by atoms with Gasteiger partial charge in [0.05, 0.1) is 0 Å². The average Bonchev–Trinajstić information content (AvgIpc) is 2.05. The quantitative estimate of drug-likeness (QED) is 0.729. The highest BCUT2D eigenvalue weighted by atomic mass is 31.2. The smallest absolute Gasteiger partial charge is 0.358 e. The van der Waals surface area contributed by atoms with Crippen molar-refractivity contribution in [3.63, 3.8) is 0 Å². The molecule has 2 N–H and O–H groups in total. The summed E-state index contributed by atoms with van der Waals surface area (Å²) in [5, 5.41) is 0. The molecule has 0 aliphatic carbocycles. The van der Waals surface area contributed by atoms with E-state index in [0.29, 0.717) is 5.56 Å². The summed E-state index contributed by atoms with van der Waals surface area (Å²) < 4.78 is 15.7. The third-order valence-corrected chi connectivity index (χ3v) is 2.73. The lowest BCUT2D eigenvalue weighted by Gasteiger charge is -2.16. The molecule has 1 unspecified atom stereocenters. The number of ether oxygens (including phenoxy) is 1. The molecule has 72 valence electrons. The lowest BCUT2D eigenvalue weighted by molar-refractivity contribution is 0.137. The minimum atomic E-state index is -4.22. The van der Waals surface area contributed by atoms with Gasteiger partial charge in [0.25, 0.3) is 0 Å². The molecular formula is C8H11O4P. The largest absolute Gasteiger partial charge is 0.364 e. The molecule has 0 amide bonds. The maximum atomic E-state index is 10.9. The zero-order chi connectivity index (χ0) is 9.90. The molecule has 0 saturated carbocycles. The van der Waals surface area contributed by atoms with Crippen LogP contribution in [0.25, 0.3) is 0 Å². The molecule has 4 nitrogen and oxygen atoms in total. The summed E-state index contributed by atoms with van der Waals surface area (Å²) >= 11 is 0. The van der Waals surface area contributed by atoms with Crippen LogP contribution < -0.4 is 0 Å². The van der Waals surface area contributed by atoms with E-state index in [1.807, 2.05) is 0 Å². The standard InChI is InChI=1S/C8H11O4P/c1-12-8(13(9,10)11)7-5-3-2-4-6-7/h2-6,8H,1H3,(H2,9,10,11). The first-order valence-corrected chi connectivity index (χ1v) is 5.37. The van der Waals surface area contributed by atoms with Crippen molar-refractivity contribution in [1.82, 2.24) is 0 Å². The van der Waals surface area contributed by atoms with Crippen molar-refractivity contribution in [2.45, 2.75) is 5.85 Å². The molecule has 1 rings (SSSR count). The van der Waals surface area contributed by atoms with Crippen LogP contribution in [0.3, 0.4) is 0 Å². The van der Waals surface area contributed by atoms with E-state index >= 15 is 0 Å². The summed E-state index contributed by atoms with van der Waals surface area (Å²) in [6.07, 6.45) is 0. The van der Waals surface area contributed by atoms with E-state index in [0.717, 1.165) is 0 Å². The van der Waals surface area contributed by atoms with Gasteiger partial charge in [0.15, 0.2) is 5.85 Å². The fraction of sp³-hybridized carbons (Fsp3) is 0.250. The van der Waals surface area contributed by atoms with Gasteiger partial charge in [-0.2, -0.15) is 0 Å².